The van der Waals surface area contributed by atoms with Crippen molar-refractivity contribution in [3.63, 3.8) is 0 Å². The standard InChI is InChI=1S/C12H23NO2/c1-11(15)6-7-13(8-11)9-12(10-14)4-2-3-5-12/h14-15H,2-10H2,1H3. The van der Waals surface area contributed by atoms with Crippen LogP contribution in [0.2, 0.25) is 0 Å². The summed E-state index contributed by atoms with van der Waals surface area (Å²) in [4.78, 5) is 2.32. The minimum atomic E-state index is -0.505. The van der Waals surface area contributed by atoms with Gasteiger partial charge in [-0.25, -0.2) is 0 Å². The molecule has 1 heterocycles. The minimum Gasteiger partial charge on any atom is -0.396 e. The van der Waals surface area contributed by atoms with E-state index >= 15 is 0 Å². The summed E-state index contributed by atoms with van der Waals surface area (Å²) in [5, 5.41) is 19.4. The Morgan fingerprint density at radius 1 is 1.20 bits per heavy atom. The molecule has 3 heteroatoms. The first-order valence-corrected chi connectivity index (χ1v) is 6.11. The van der Waals surface area contributed by atoms with Crippen molar-refractivity contribution < 1.29 is 10.2 Å². The van der Waals surface area contributed by atoms with Crippen LogP contribution in [0.1, 0.15) is 39.0 Å². The van der Waals surface area contributed by atoms with E-state index in [0.29, 0.717) is 6.61 Å². The smallest absolute Gasteiger partial charge is 0.0758 e. The molecule has 2 aliphatic rings. The average molecular weight is 213 g/mol. The van der Waals surface area contributed by atoms with Gasteiger partial charge in [-0.3, -0.25) is 4.90 Å². The van der Waals surface area contributed by atoms with Gasteiger partial charge in [0.05, 0.1) is 5.60 Å². The zero-order valence-electron chi connectivity index (χ0n) is 9.71. The van der Waals surface area contributed by atoms with Crippen LogP contribution in [0.15, 0.2) is 0 Å². The fourth-order valence-corrected chi connectivity index (χ4v) is 3.14. The van der Waals surface area contributed by atoms with Crippen LogP contribution in [0.5, 0.6) is 0 Å². The molecule has 2 N–H and O–H groups in total. The molecular weight excluding hydrogens is 190 g/mol. The van der Waals surface area contributed by atoms with Crippen molar-refractivity contribution in [2.75, 3.05) is 26.2 Å². The van der Waals surface area contributed by atoms with Gasteiger partial charge in [-0.2, -0.15) is 0 Å². The lowest BCUT2D eigenvalue weighted by Gasteiger charge is -2.32. The second-order valence-electron chi connectivity index (χ2n) is 5.82. The second-order valence-corrected chi connectivity index (χ2v) is 5.82. The minimum absolute atomic E-state index is 0.139. The van der Waals surface area contributed by atoms with Gasteiger partial charge >= 0.3 is 0 Å². The molecule has 3 nitrogen and oxygen atoms in total. The number of hydrogen-bond acceptors (Lipinski definition) is 3. The molecule has 0 spiro atoms. The number of aliphatic hydroxyl groups excluding tert-OH is 1. The van der Waals surface area contributed by atoms with Crippen LogP contribution in [-0.4, -0.2) is 47.0 Å². The second kappa shape index (κ2) is 4.04. The van der Waals surface area contributed by atoms with Gasteiger partial charge < -0.3 is 10.2 Å². The highest BCUT2D eigenvalue weighted by Gasteiger charge is 2.39. The summed E-state index contributed by atoms with van der Waals surface area (Å²) in [5.74, 6) is 0. The SMILES string of the molecule is CC1(O)CCN(CC2(CO)CCCC2)C1. The molecule has 1 aliphatic heterocycles. The number of rotatable bonds is 3. The Hall–Kier alpha value is -0.120. The van der Waals surface area contributed by atoms with Crippen molar-refractivity contribution in [1.82, 2.24) is 4.90 Å². The summed E-state index contributed by atoms with van der Waals surface area (Å²) in [7, 11) is 0. The van der Waals surface area contributed by atoms with E-state index in [1.54, 1.807) is 0 Å². The van der Waals surface area contributed by atoms with E-state index in [9.17, 15) is 10.2 Å². The maximum absolute atomic E-state index is 9.89. The summed E-state index contributed by atoms with van der Waals surface area (Å²) in [6.45, 7) is 4.95. The predicted molar refractivity (Wildman–Crippen MR) is 59.7 cm³/mol. The molecule has 2 fully saturated rings. The first kappa shape index (κ1) is 11.4. The molecule has 2 rings (SSSR count). The summed E-state index contributed by atoms with van der Waals surface area (Å²) in [6.07, 6.45) is 5.69. The lowest BCUT2D eigenvalue weighted by molar-refractivity contribution is 0.0484. The summed E-state index contributed by atoms with van der Waals surface area (Å²) < 4.78 is 0. The van der Waals surface area contributed by atoms with E-state index in [-0.39, 0.29) is 5.41 Å². The fourth-order valence-electron chi connectivity index (χ4n) is 3.14. The van der Waals surface area contributed by atoms with Crippen molar-refractivity contribution in [3.05, 3.63) is 0 Å². The van der Waals surface area contributed by atoms with E-state index in [0.717, 1.165) is 38.9 Å². The van der Waals surface area contributed by atoms with Gasteiger partial charge in [0, 0.05) is 31.7 Å². The molecule has 0 aromatic carbocycles. The molecule has 0 amide bonds. The van der Waals surface area contributed by atoms with E-state index in [1.807, 2.05) is 6.92 Å². The van der Waals surface area contributed by atoms with Gasteiger partial charge in [0.2, 0.25) is 0 Å². The molecule has 0 radical (unpaired) electrons. The summed E-state index contributed by atoms with van der Waals surface area (Å²) in [6, 6.07) is 0. The molecule has 0 bridgehead atoms. The molecule has 1 aliphatic carbocycles. The molecule has 1 atom stereocenters. The van der Waals surface area contributed by atoms with Gasteiger partial charge in [-0.1, -0.05) is 12.8 Å². The number of aliphatic hydroxyl groups is 2. The number of likely N-dealkylation sites (tertiary alicyclic amines) is 1. The van der Waals surface area contributed by atoms with Gasteiger partial charge in [0.1, 0.15) is 0 Å². The third-order valence-electron chi connectivity index (χ3n) is 4.09. The van der Waals surface area contributed by atoms with Crippen LogP contribution >= 0.6 is 0 Å². The Bertz CT molecular complexity index is 222. The Kier molecular flexibility index (Phi) is 3.06. The fraction of sp³-hybridized carbons (Fsp3) is 1.00. The molecule has 0 aromatic heterocycles. The predicted octanol–water partition coefficient (Wildman–Crippen LogP) is 0.996. The van der Waals surface area contributed by atoms with Gasteiger partial charge in [-0.05, 0) is 26.2 Å². The highest BCUT2D eigenvalue weighted by molar-refractivity contribution is 4.92. The number of nitrogens with zero attached hydrogens (tertiary/aromatic N) is 1. The maximum Gasteiger partial charge on any atom is 0.0758 e. The van der Waals surface area contributed by atoms with E-state index < -0.39 is 5.60 Å². The Balaban J connectivity index is 1.91. The monoisotopic (exact) mass is 213 g/mol. The Morgan fingerprint density at radius 2 is 1.87 bits per heavy atom. The first-order valence-electron chi connectivity index (χ1n) is 6.11. The zero-order valence-corrected chi connectivity index (χ0v) is 9.71. The first-order chi connectivity index (χ1) is 7.05. The normalized spacial score (nSPS) is 36.2. The molecule has 0 aromatic rings. The number of hydrogen-bond donors (Lipinski definition) is 2. The zero-order chi connectivity index (χ0) is 10.9. The quantitative estimate of drug-likeness (QED) is 0.735. The highest BCUT2D eigenvalue weighted by Crippen LogP contribution is 2.39. The van der Waals surface area contributed by atoms with Gasteiger partial charge in [0.15, 0.2) is 0 Å². The van der Waals surface area contributed by atoms with Gasteiger partial charge in [-0.15, -0.1) is 0 Å². The molecule has 1 saturated heterocycles. The van der Waals surface area contributed by atoms with Crippen LogP contribution in [-0.2, 0) is 0 Å². The Morgan fingerprint density at radius 3 is 2.33 bits per heavy atom. The maximum atomic E-state index is 9.89. The third-order valence-corrected chi connectivity index (χ3v) is 4.09. The van der Waals surface area contributed by atoms with Gasteiger partial charge in [0.25, 0.3) is 0 Å². The van der Waals surface area contributed by atoms with Crippen molar-refractivity contribution >= 4 is 0 Å². The molecule has 88 valence electrons. The van der Waals surface area contributed by atoms with Crippen molar-refractivity contribution in [2.24, 2.45) is 5.41 Å². The van der Waals surface area contributed by atoms with Crippen LogP contribution in [0, 0.1) is 5.41 Å². The van der Waals surface area contributed by atoms with Crippen molar-refractivity contribution in [1.29, 1.82) is 0 Å². The van der Waals surface area contributed by atoms with Crippen LogP contribution in [0.25, 0.3) is 0 Å². The lowest BCUT2D eigenvalue weighted by Crippen LogP contribution is -2.39. The topological polar surface area (TPSA) is 43.7 Å². The van der Waals surface area contributed by atoms with Crippen LogP contribution in [0.3, 0.4) is 0 Å². The van der Waals surface area contributed by atoms with E-state index in [1.165, 1.54) is 12.8 Å². The van der Waals surface area contributed by atoms with E-state index in [4.69, 9.17) is 0 Å². The highest BCUT2D eigenvalue weighted by atomic mass is 16.3. The molecule has 1 saturated carbocycles. The average Bonchev–Trinajstić information content (AvgIpc) is 2.75. The van der Waals surface area contributed by atoms with Crippen LogP contribution in [0.4, 0.5) is 0 Å². The summed E-state index contributed by atoms with van der Waals surface area (Å²) in [5.41, 5.74) is -0.365. The molecular formula is C12H23NO2. The van der Waals surface area contributed by atoms with Crippen molar-refractivity contribution in [2.45, 2.75) is 44.6 Å². The molecule has 15 heavy (non-hydrogen) atoms. The third kappa shape index (κ3) is 2.52. The Labute approximate surface area is 92.1 Å². The number of β-amino-alcohol motifs (C(OH)–C–C–N with tert-alkyl or cyclic N) is 1. The van der Waals surface area contributed by atoms with Crippen molar-refractivity contribution in [3.8, 4) is 0 Å². The molecule has 1 unspecified atom stereocenters. The summed E-state index contributed by atoms with van der Waals surface area (Å²) >= 11 is 0. The van der Waals surface area contributed by atoms with E-state index in [2.05, 4.69) is 4.90 Å². The van der Waals surface area contributed by atoms with Crippen LogP contribution < -0.4 is 0 Å². The lowest BCUT2D eigenvalue weighted by atomic mass is 9.86. The largest absolute Gasteiger partial charge is 0.396 e.